The van der Waals surface area contributed by atoms with Gasteiger partial charge in [-0.1, -0.05) is 23.7 Å². The SMILES string of the molecule is CC(C)(C)NC(=O)C(=O)c1ccccc1Cl. The highest BCUT2D eigenvalue weighted by atomic mass is 35.5. The standard InChI is InChI=1S/C12H14ClNO2/c1-12(2,3)14-11(16)10(15)8-6-4-5-7-9(8)13/h4-7H,1-3H3,(H,14,16). The number of carbonyl (C=O) groups excluding carboxylic acids is 2. The second-order valence-electron chi connectivity index (χ2n) is 4.51. The lowest BCUT2D eigenvalue weighted by Gasteiger charge is -2.19. The number of Topliss-reactive ketones (excluding diaryl/α,β-unsaturated/α-hetero) is 1. The van der Waals surface area contributed by atoms with Gasteiger partial charge in [-0.25, -0.2) is 0 Å². The molecule has 4 heteroatoms. The van der Waals surface area contributed by atoms with Crippen molar-refractivity contribution in [2.24, 2.45) is 0 Å². The van der Waals surface area contributed by atoms with Crippen molar-refractivity contribution in [1.29, 1.82) is 0 Å². The fraction of sp³-hybridized carbons (Fsp3) is 0.333. The van der Waals surface area contributed by atoms with E-state index in [2.05, 4.69) is 5.32 Å². The fourth-order valence-corrected chi connectivity index (χ4v) is 1.39. The Bertz CT molecular complexity index is 421. The molecule has 1 aromatic carbocycles. The average Bonchev–Trinajstić information content (AvgIpc) is 2.15. The zero-order valence-electron chi connectivity index (χ0n) is 9.50. The maximum absolute atomic E-state index is 11.7. The lowest BCUT2D eigenvalue weighted by Crippen LogP contribution is -2.44. The van der Waals surface area contributed by atoms with E-state index in [-0.39, 0.29) is 10.6 Å². The molecule has 0 unspecified atom stereocenters. The number of carbonyl (C=O) groups is 2. The zero-order chi connectivity index (χ0) is 12.3. The number of amides is 1. The van der Waals surface area contributed by atoms with Crippen LogP contribution >= 0.6 is 11.6 Å². The Hall–Kier alpha value is -1.35. The van der Waals surface area contributed by atoms with Gasteiger partial charge in [0, 0.05) is 11.1 Å². The second kappa shape index (κ2) is 4.66. The summed E-state index contributed by atoms with van der Waals surface area (Å²) in [5.41, 5.74) is -0.209. The van der Waals surface area contributed by atoms with Crippen LogP contribution < -0.4 is 5.32 Å². The molecule has 0 saturated carbocycles. The lowest BCUT2D eigenvalue weighted by atomic mass is 10.1. The van der Waals surface area contributed by atoms with Crippen molar-refractivity contribution in [1.82, 2.24) is 5.32 Å². The summed E-state index contributed by atoms with van der Waals surface area (Å²) in [4.78, 5) is 23.3. The van der Waals surface area contributed by atoms with Gasteiger partial charge in [-0.15, -0.1) is 0 Å². The van der Waals surface area contributed by atoms with Crippen molar-refractivity contribution in [3.05, 3.63) is 34.9 Å². The van der Waals surface area contributed by atoms with Crippen molar-refractivity contribution in [3.63, 3.8) is 0 Å². The van der Waals surface area contributed by atoms with Gasteiger partial charge in [-0.3, -0.25) is 9.59 Å². The largest absolute Gasteiger partial charge is 0.345 e. The van der Waals surface area contributed by atoms with E-state index in [4.69, 9.17) is 11.6 Å². The third-order valence-electron chi connectivity index (χ3n) is 1.81. The van der Waals surface area contributed by atoms with E-state index >= 15 is 0 Å². The van der Waals surface area contributed by atoms with Crippen molar-refractivity contribution >= 4 is 23.3 Å². The molecule has 0 radical (unpaired) electrons. The summed E-state index contributed by atoms with van der Waals surface area (Å²) >= 11 is 5.83. The molecule has 86 valence electrons. The number of nitrogens with one attached hydrogen (secondary N) is 1. The molecule has 0 bridgehead atoms. The number of hydrogen-bond donors (Lipinski definition) is 1. The Morgan fingerprint density at radius 3 is 2.25 bits per heavy atom. The van der Waals surface area contributed by atoms with Gasteiger partial charge < -0.3 is 5.32 Å². The molecule has 0 heterocycles. The summed E-state index contributed by atoms with van der Waals surface area (Å²) in [5.74, 6) is -1.25. The van der Waals surface area contributed by atoms with Gasteiger partial charge in [0.05, 0.1) is 5.02 Å². The molecule has 0 aromatic heterocycles. The number of ketones is 1. The highest BCUT2D eigenvalue weighted by molar-refractivity contribution is 6.47. The monoisotopic (exact) mass is 239 g/mol. The van der Waals surface area contributed by atoms with Crippen LogP contribution in [0, 0.1) is 0 Å². The topological polar surface area (TPSA) is 46.2 Å². The first-order valence-electron chi connectivity index (χ1n) is 4.92. The first-order chi connectivity index (χ1) is 7.31. The Morgan fingerprint density at radius 2 is 1.75 bits per heavy atom. The molecule has 16 heavy (non-hydrogen) atoms. The van der Waals surface area contributed by atoms with Gasteiger partial charge in [0.2, 0.25) is 0 Å². The summed E-state index contributed by atoms with van der Waals surface area (Å²) in [5, 5.41) is 2.89. The molecular formula is C12H14ClNO2. The van der Waals surface area contributed by atoms with Gasteiger partial charge in [-0.05, 0) is 32.9 Å². The molecule has 0 aliphatic heterocycles. The Labute approximate surface area is 99.8 Å². The van der Waals surface area contributed by atoms with E-state index in [9.17, 15) is 9.59 Å². The van der Waals surface area contributed by atoms with Crippen LogP contribution in [0.25, 0.3) is 0 Å². The molecule has 1 amide bonds. The maximum atomic E-state index is 11.7. The van der Waals surface area contributed by atoms with Crippen LogP contribution in [0.3, 0.4) is 0 Å². The first-order valence-corrected chi connectivity index (χ1v) is 5.30. The smallest absolute Gasteiger partial charge is 0.292 e. The lowest BCUT2D eigenvalue weighted by molar-refractivity contribution is -0.118. The predicted molar refractivity (Wildman–Crippen MR) is 63.7 cm³/mol. The van der Waals surface area contributed by atoms with Crippen LogP contribution in [0.15, 0.2) is 24.3 Å². The van der Waals surface area contributed by atoms with Crippen molar-refractivity contribution in [2.75, 3.05) is 0 Å². The van der Waals surface area contributed by atoms with E-state index in [1.807, 2.05) is 20.8 Å². The molecule has 1 N–H and O–H groups in total. The van der Waals surface area contributed by atoms with Crippen LogP contribution in [0.1, 0.15) is 31.1 Å². The Kier molecular flexibility index (Phi) is 3.70. The third-order valence-corrected chi connectivity index (χ3v) is 2.14. The molecular weight excluding hydrogens is 226 g/mol. The van der Waals surface area contributed by atoms with Gasteiger partial charge in [-0.2, -0.15) is 0 Å². The molecule has 1 rings (SSSR count). The molecule has 0 spiro atoms. The second-order valence-corrected chi connectivity index (χ2v) is 4.92. The Balaban J connectivity index is 2.88. The third kappa shape index (κ3) is 3.35. The molecule has 0 aliphatic rings. The summed E-state index contributed by atoms with van der Waals surface area (Å²) in [7, 11) is 0. The van der Waals surface area contributed by atoms with E-state index in [0.29, 0.717) is 0 Å². The Morgan fingerprint density at radius 1 is 1.19 bits per heavy atom. The van der Waals surface area contributed by atoms with E-state index < -0.39 is 17.2 Å². The highest BCUT2D eigenvalue weighted by Crippen LogP contribution is 2.15. The maximum Gasteiger partial charge on any atom is 0.292 e. The zero-order valence-corrected chi connectivity index (χ0v) is 10.3. The number of halogens is 1. The molecule has 1 aromatic rings. The molecule has 0 saturated heterocycles. The number of benzene rings is 1. The van der Waals surface area contributed by atoms with Crippen molar-refractivity contribution in [2.45, 2.75) is 26.3 Å². The summed E-state index contributed by atoms with van der Waals surface area (Å²) < 4.78 is 0. The summed E-state index contributed by atoms with van der Waals surface area (Å²) in [6.07, 6.45) is 0. The minimum absolute atomic E-state index is 0.228. The van der Waals surface area contributed by atoms with Crippen LogP contribution in [-0.4, -0.2) is 17.2 Å². The average molecular weight is 240 g/mol. The number of rotatable bonds is 2. The molecule has 0 aliphatic carbocycles. The summed E-state index contributed by atoms with van der Waals surface area (Å²) in [6.45, 7) is 5.43. The van der Waals surface area contributed by atoms with Crippen LogP contribution in [-0.2, 0) is 4.79 Å². The van der Waals surface area contributed by atoms with E-state index in [0.717, 1.165) is 0 Å². The quantitative estimate of drug-likeness (QED) is 0.637. The van der Waals surface area contributed by atoms with Crippen LogP contribution in [0.2, 0.25) is 5.02 Å². The molecule has 0 atom stereocenters. The molecule has 0 fully saturated rings. The predicted octanol–water partition coefficient (Wildman–Crippen LogP) is 2.44. The van der Waals surface area contributed by atoms with Gasteiger partial charge in [0.1, 0.15) is 0 Å². The minimum Gasteiger partial charge on any atom is -0.345 e. The van der Waals surface area contributed by atoms with E-state index in [1.54, 1.807) is 18.2 Å². The number of hydrogen-bond acceptors (Lipinski definition) is 2. The van der Waals surface area contributed by atoms with E-state index in [1.165, 1.54) is 6.07 Å². The van der Waals surface area contributed by atoms with Crippen LogP contribution in [0.4, 0.5) is 0 Å². The van der Waals surface area contributed by atoms with Gasteiger partial charge in [0.15, 0.2) is 0 Å². The van der Waals surface area contributed by atoms with Gasteiger partial charge >= 0.3 is 0 Å². The van der Waals surface area contributed by atoms with Crippen LogP contribution in [0.5, 0.6) is 0 Å². The highest BCUT2D eigenvalue weighted by Gasteiger charge is 2.22. The van der Waals surface area contributed by atoms with Crippen molar-refractivity contribution in [3.8, 4) is 0 Å². The normalized spacial score (nSPS) is 11.0. The van der Waals surface area contributed by atoms with Crippen molar-refractivity contribution < 1.29 is 9.59 Å². The summed E-state index contributed by atoms with van der Waals surface area (Å²) in [6, 6.07) is 6.50. The first kappa shape index (κ1) is 12.7. The minimum atomic E-state index is -0.638. The molecule has 3 nitrogen and oxygen atoms in total. The van der Waals surface area contributed by atoms with Gasteiger partial charge in [0.25, 0.3) is 11.7 Å². The fourth-order valence-electron chi connectivity index (χ4n) is 1.17.